The van der Waals surface area contributed by atoms with Crippen molar-refractivity contribution in [2.75, 3.05) is 0 Å². The van der Waals surface area contributed by atoms with Gasteiger partial charge in [-0.05, 0) is 24.3 Å². The summed E-state index contributed by atoms with van der Waals surface area (Å²) in [7, 11) is 0. The first-order chi connectivity index (χ1) is 7.72. The molecule has 0 saturated carbocycles. The van der Waals surface area contributed by atoms with Crippen molar-refractivity contribution in [1.29, 1.82) is 0 Å². The van der Waals surface area contributed by atoms with E-state index in [2.05, 4.69) is 12.6 Å². The van der Waals surface area contributed by atoms with Crippen LogP contribution in [0.4, 0.5) is 0 Å². The van der Waals surface area contributed by atoms with Gasteiger partial charge in [-0.15, -0.1) is 12.6 Å². The zero-order valence-electron chi connectivity index (χ0n) is 8.58. The number of hydrogen-bond acceptors (Lipinski definition) is 3. The van der Waals surface area contributed by atoms with Crippen molar-refractivity contribution < 1.29 is 9.90 Å². The van der Waals surface area contributed by atoms with Gasteiger partial charge in [-0.2, -0.15) is 0 Å². The molecule has 0 fully saturated rings. The van der Waals surface area contributed by atoms with Gasteiger partial charge in [0.05, 0.1) is 0 Å². The quantitative estimate of drug-likeness (QED) is 0.585. The second-order valence-electron chi connectivity index (χ2n) is 3.05. The number of aldehydes is 1. The molecule has 0 aliphatic carbocycles. The van der Waals surface area contributed by atoms with Crippen molar-refractivity contribution in [3.63, 3.8) is 0 Å². The summed E-state index contributed by atoms with van der Waals surface area (Å²) in [6.07, 6.45) is 0.694. The van der Waals surface area contributed by atoms with Crippen molar-refractivity contribution in [3.05, 3.63) is 60.2 Å². The fraction of sp³-hybridized carbons (Fsp3) is 0. The molecule has 2 aromatic rings. The Hall–Kier alpha value is -1.74. The van der Waals surface area contributed by atoms with Crippen LogP contribution >= 0.6 is 12.6 Å². The van der Waals surface area contributed by atoms with Crippen LogP contribution in [0.15, 0.2) is 59.5 Å². The van der Waals surface area contributed by atoms with E-state index in [1.807, 2.05) is 30.3 Å². The third kappa shape index (κ3) is 4.66. The van der Waals surface area contributed by atoms with Gasteiger partial charge in [-0.3, -0.25) is 4.79 Å². The Bertz CT molecular complexity index is 441. The van der Waals surface area contributed by atoms with Crippen LogP contribution in [0.25, 0.3) is 0 Å². The normalized spacial score (nSPS) is 8.81. The number of aromatic hydroxyl groups is 1. The molecule has 0 atom stereocenters. The Morgan fingerprint density at radius 2 is 1.69 bits per heavy atom. The smallest absolute Gasteiger partial charge is 0.150 e. The first-order valence-electron chi connectivity index (χ1n) is 4.70. The summed E-state index contributed by atoms with van der Waals surface area (Å²) in [5.74, 6) is 0.125. The molecule has 0 radical (unpaired) electrons. The van der Waals surface area contributed by atoms with E-state index >= 15 is 0 Å². The van der Waals surface area contributed by atoms with E-state index in [-0.39, 0.29) is 5.75 Å². The lowest BCUT2D eigenvalue weighted by Crippen LogP contribution is -1.75. The minimum Gasteiger partial charge on any atom is -0.508 e. The summed E-state index contributed by atoms with van der Waals surface area (Å²) < 4.78 is 0. The maximum atomic E-state index is 10.0. The minimum absolute atomic E-state index is 0.125. The van der Waals surface area contributed by atoms with Gasteiger partial charge in [-0.1, -0.05) is 30.3 Å². The zero-order chi connectivity index (χ0) is 11.8. The van der Waals surface area contributed by atoms with E-state index in [4.69, 9.17) is 5.11 Å². The van der Waals surface area contributed by atoms with Crippen LogP contribution in [0.1, 0.15) is 10.4 Å². The molecule has 0 spiro atoms. The zero-order valence-corrected chi connectivity index (χ0v) is 9.47. The van der Waals surface area contributed by atoms with Crippen molar-refractivity contribution in [2.45, 2.75) is 4.90 Å². The van der Waals surface area contributed by atoms with E-state index in [0.717, 1.165) is 4.90 Å². The van der Waals surface area contributed by atoms with E-state index in [1.165, 1.54) is 12.1 Å². The number of carbonyl (C=O) groups is 1. The first kappa shape index (κ1) is 12.3. The molecule has 0 saturated heterocycles. The number of phenols is 1. The van der Waals surface area contributed by atoms with Gasteiger partial charge in [0, 0.05) is 10.5 Å². The molecule has 2 nitrogen and oxygen atoms in total. The molecule has 82 valence electrons. The molecule has 1 N–H and O–H groups in total. The van der Waals surface area contributed by atoms with Crippen LogP contribution in [-0.4, -0.2) is 11.4 Å². The molecule has 0 unspecified atom stereocenters. The monoisotopic (exact) mass is 232 g/mol. The molecular weight excluding hydrogens is 220 g/mol. The van der Waals surface area contributed by atoms with Gasteiger partial charge in [0.2, 0.25) is 0 Å². The van der Waals surface area contributed by atoms with Gasteiger partial charge >= 0.3 is 0 Å². The molecule has 0 heterocycles. The maximum Gasteiger partial charge on any atom is 0.150 e. The van der Waals surface area contributed by atoms with Crippen molar-refractivity contribution in [1.82, 2.24) is 0 Å². The summed E-state index contributed by atoms with van der Waals surface area (Å²) >= 11 is 4.08. The topological polar surface area (TPSA) is 37.3 Å². The Kier molecular flexibility index (Phi) is 5.16. The highest BCUT2D eigenvalue weighted by Crippen LogP contribution is 2.08. The summed E-state index contributed by atoms with van der Waals surface area (Å²) in [6, 6.07) is 16.0. The van der Waals surface area contributed by atoms with Gasteiger partial charge in [0.15, 0.2) is 0 Å². The number of carbonyl (C=O) groups excluding carboxylic acids is 1. The Morgan fingerprint density at radius 3 is 2.06 bits per heavy atom. The minimum atomic E-state index is 0.125. The molecule has 3 heteroatoms. The van der Waals surface area contributed by atoms with Gasteiger partial charge in [-0.25, -0.2) is 0 Å². The predicted molar refractivity (Wildman–Crippen MR) is 67.2 cm³/mol. The van der Waals surface area contributed by atoms with Crippen LogP contribution in [0.5, 0.6) is 5.75 Å². The summed E-state index contributed by atoms with van der Waals surface area (Å²) in [6.45, 7) is 0. The summed E-state index contributed by atoms with van der Waals surface area (Å²) in [5.41, 5.74) is 0.495. The third-order valence-corrected chi connectivity index (χ3v) is 2.06. The average molecular weight is 232 g/mol. The fourth-order valence-corrected chi connectivity index (χ4v) is 1.20. The Balaban J connectivity index is 0.000000165. The highest BCUT2D eigenvalue weighted by atomic mass is 32.1. The summed E-state index contributed by atoms with van der Waals surface area (Å²) in [4.78, 5) is 11.1. The molecule has 0 aromatic heterocycles. The van der Waals surface area contributed by atoms with E-state index in [9.17, 15) is 4.79 Å². The third-order valence-electron chi connectivity index (χ3n) is 1.76. The largest absolute Gasteiger partial charge is 0.508 e. The van der Waals surface area contributed by atoms with Gasteiger partial charge < -0.3 is 5.11 Å². The molecule has 2 aromatic carbocycles. The van der Waals surface area contributed by atoms with E-state index < -0.39 is 0 Å². The molecular formula is C13H12O2S. The number of rotatable bonds is 1. The lowest BCUT2D eigenvalue weighted by atomic mass is 10.2. The second-order valence-corrected chi connectivity index (χ2v) is 3.56. The lowest BCUT2D eigenvalue weighted by Gasteiger charge is -1.89. The van der Waals surface area contributed by atoms with Crippen LogP contribution in [0.2, 0.25) is 0 Å². The Morgan fingerprint density at radius 1 is 1.00 bits per heavy atom. The lowest BCUT2D eigenvalue weighted by molar-refractivity contribution is 0.112. The van der Waals surface area contributed by atoms with Gasteiger partial charge in [0.1, 0.15) is 12.0 Å². The van der Waals surface area contributed by atoms with Gasteiger partial charge in [0.25, 0.3) is 0 Å². The second kappa shape index (κ2) is 6.69. The van der Waals surface area contributed by atoms with E-state index in [1.54, 1.807) is 12.1 Å². The van der Waals surface area contributed by atoms with Crippen LogP contribution in [0.3, 0.4) is 0 Å². The van der Waals surface area contributed by atoms with Crippen LogP contribution in [0, 0.1) is 0 Å². The highest BCUT2D eigenvalue weighted by Gasteiger charge is 1.88. The number of thiol groups is 1. The first-order valence-corrected chi connectivity index (χ1v) is 5.15. The van der Waals surface area contributed by atoms with Crippen molar-refractivity contribution >= 4 is 18.9 Å². The Labute approximate surface area is 100.0 Å². The predicted octanol–water partition coefficient (Wildman–Crippen LogP) is 3.18. The molecule has 0 aliphatic rings. The van der Waals surface area contributed by atoms with E-state index in [0.29, 0.717) is 11.8 Å². The highest BCUT2D eigenvalue weighted by molar-refractivity contribution is 7.80. The average Bonchev–Trinajstić information content (AvgIpc) is 2.31. The van der Waals surface area contributed by atoms with Crippen LogP contribution < -0.4 is 0 Å². The maximum absolute atomic E-state index is 10.0. The molecule has 0 bridgehead atoms. The number of benzene rings is 2. The van der Waals surface area contributed by atoms with Crippen LogP contribution in [-0.2, 0) is 0 Å². The molecule has 0 aliphatic heterocycles. The molecule has 16 heavy (non-hydrogen) atoms. The summed E-state index contributed by atoms with van der Waals surface area (Å²) in [5, 5.41) is 8.79. The molecule has 0 amide bonds. The standard InChI is InChI=1S/C7H6O2.C6H6S/c8-5-6-2-1-3-7(9)4-6;7-6-4-2-1-3-5-6/h1-5,9H;1-5,7H. The number of hydrogen-bond donors (Lipinski definition) is 2. The fourth-order valence-electron chi connectivity index (χ4n) is 1.03. The van der Waals surface area contributed by atoms with Crippen molar-refractivity contribution in [3.8, 4) is 5.75 Å². The number of phenolic OH excluding ortho intramolecular Hbond substituents is 1. The SMILES string of the molecule is O=Cc1cccc(O)c1.Sc1ccccc1. The molecule has 2 rings (SSSR count). The van der Waals surface area contributed by atoms with Crippen molar-refractivity contribution in [2.24, 2.45) is 0 Å².